The van der Waals surface area contributed by atoms with Crippen molar-refractivity contribution in [1.82, 2.24) is 9.03 Å². The van der Waals surface area contributed by atoms with Crippen molar-refractivity contribution in [2.45, 2.75) is 31.8 Å². The first-order valence-electron chi connectivity index (χ1n) is 8.04. The summed E-state index contributed by atoms with van der Waals surface area (Å²) in [4.78, 5) is 23.5. The van der Waals surface area contributed by atoms with Crippen LogP contribution in [0.15, 0.2) is 12.1 Å². The SMILES string of the molecule is CCOc1cc(C(=O)O)c(F)cc1C(=O)NSN1C2CCC1COC2. The molecule has 2 N–H and O–H groups in total. The first kappa shape index (κ1) is 18.0. The molecule has 0 aliphatic carbocycles. The Morgan fingerprint density at radius 1 is 1.36 bits per heavy atom. The molecule has 0 spiro atoms. The van der Waals surface area contributed by atoms with Gasteiger partial charge in [0.25, 0.3) is 5.91 Å². The Morgan fingerprint density at radius 2 is 2.04 bits per heavy atom. The Balaban J connectivity index is 1.74. The lowest BCUT2D eigenvalue weighted by Crippen LogP contribution is -2.43. The molecule has 2 saturated heterocycles. The van der Waals surface area contributed by atoms with E-state index in [2.05, 4.69) is 9.03 Å². The predicted octanol–water partition coefficient (Wildman–Crippen LogP) is 2.08. The van der Waals surface area contributed by atoms with E-state index in [0.29, 0.717) is 13.2 Å². The number of halogens is 1. The van der Waals surface area contributed by atoms with E-state index in [0.717, 1.165) is 25.0 Å². The van der Waals surface area contributed by atoms with E-state index in [9.17, 15) is 14.0 Å². The second kappa shape index (κ2) is 7.59. The molecule has 0 aromatic heterocycles. The summed E-state index contributed by atoms with van der Waals surface area (Å²) in [5.74, 6) is -2.87. The molecule has 7 nitrogen and oxygen atoms in total. The van der Waals surface area contributed by atoms with Gasteiger partial charge in [-0.25, -0.2) is 13.5 Å². The maximum absolute atomic E-state index is 14.0. The molecule has 2 aliphatic heterocycles. The predicted molar refractivity (Wildman–Crippen MR) is 89.1 cm³/mol. The Morgan fingerprint density at radius 3 is 2.64 bits per heavy atom. The first-order valence-corrected chi connectivity index (χ1v) is 8.81. The molecule has 2 bridgehead atoms. The van der Waals surface area contributed by atoms with Crippen LogP contribution in [0.5, 0.6) is 5.75 Å². The van der Waals surface area contributed by atoms with E-state index in [1.54, 1.807) is 6.92 Å². The van der Waals surface area contributed by atoms with Gasteiger partial charge in [-0.1, -0.05) is 0 Å². The van der Waals surface area contributed by atoms with Crippen molar-refractivity contribution in [3.8, 4) is 5.75 Å². The van der Waals surface area contributed by atoms with Crippen LogP contribution in [0.4, 0.5) is 4.39 Å². The van der Waals surface area contributed by atoms with Crippen molar-refractivity contribution >= 4 is 24.0 Å². The highest BCUT2D eigenvalue weighted by molar-refractivity contribution is 7.95. The number of nitrogens with one attached hydrogen (secondary N) is 1. The van der Waals surface area contributed by atoms with Gasteiger partial charge in [0.15, 0.2) is 0 Å². The van der Waals surface area contributed by atoms with Crippen LogP contribution in [-0.2, 0) is 4.74 Å². The van der Waals surface area contributed by atoms with Crippen molar-refractivity contribution in [2.24, 2.45) is 0 Å². The monoisotopic (exact) mass is 370 g/mol. The van der Waals surface area contributed by atoms with Gasteiger partial charge in [0.05, 0.1) is 30.9 Å². The third-order valence-corrected chi connectivity index (χ3v) is 5.35. The topological polar surface area (TPSA) is 88.1 Å². The lowest BCUT2D eigenvalue weighted by molar-refractivity contribution is 0.0314. The van der Waals surface area contributed by atoms with Crippen LogP contribution in [0, 0.1) is 5.82 Å². The van der Waals surface area contributed by atoms with Gasteiger partial charge in [-0.05, 0) is 31.9 Å². The molecule has 9 heteroatoms. The molecule has 136 valence electrons. The maximum Gasteiger partial charge on any atom is 0.338 e. The number of carbonyl (C=O) groups is 2. The van der Waals surface area contributed by atoms with Gasteiger partial charge in [-0.3, -0.25) is 9.52 Å². The molecule has 1 aromatic rings. The number of fused-ring (bicyclic) bond motifs is 2. The number of aromatic carboxylic acids is 1. The number of carboxylic acids is 1. The molecule has 2 fully saturated rings. The summed E-state index contributed by atoms with van der Waals surface area (Å²) in [5.41, 5.74) is -0.559. The fraction of sp³-hybridized carbons (Fsp3) is 0.500. The number of hydrogen-bond donors (Lipinski definition) is 2. The summed E-state index contributed by atoms with van der Waals surface area (Å²) >= 11 is 1.18. The summed E-state index contributed by atoms with van der Waals surface area (Å²) in [7, 11) is 0. The largest absolute Gasteiger partial charge is 0.493 e. The Kier molecular flexibility index (Phi) is 5.45. The maximum atomic E-state index is 14.0. The van der Waals surface area contributed by atoms with Crippen molar-refractivity contribution < 1.29 is 28.6 Å². The lowest BCUT2D eigenvalue weighted by Gasteiger charge is -2.32. The highest BCUT2D eigenvalue weighted by Crippen LogP contribution is 2.33. The first-order chi connectivity index (χ1) is 12.0. The van der Waals surface area contributed by atoms with Crippen molar-refractivity contribution in [2.75, 3.05) is 19.8 Å². The highest BCUT2D eigenvalue weighted by Gasteiger charge is 2.38. The fourth-order valence-corrected chi connectivity index (χ4v) is 3.99. The second-order valence-corrected chi connectivity index (χ2v) is 6.68. The molecular weight excluding hydrogens is 351 g/mol. The molecule has 2 aliphatic rings. The number of hydrogen-bond acceptors (Lipinski definition) is 6. The number of benzene rings is 1. The average molecular weight is 370 g/mol. The minimum absolute atomic E-state index is 0.0301. The molecule has 3 rings (SSSR count). The third-order valence-electron chi connectivity index (χ3n) is 4.26. The summed E-state index contributed by atoms with van der Waals surface area (Å²) in [6, 6.07) is 2.44. The van der Waals surface area contributed by atoms with Crippen LogP contribution in [0.2, 0.25) is 0 Å². The van der Waals surface area contributed by atoms with Gasteiger partial charge in [-0.2, -0.15) is 0 Å². The smallest absolute Gasteiger partial charge is 0.338 e. The third kappa shape index (κ3) is 3.73. The van der Waals surface area contributed by atoms with E-state index < -0.39 is 23.3 Å². The summed E-state index contributed by atoms with van der Waals surface area (Å²) in [6.07, 6.45) is 2.03. The molecule has 25 heavy (non-hydrogen) atoms. The molecule has 2 heterocycles. The van der Waals surface area contributed by atoms with Gasteiger partial charge in [0.2, 0.25) is 0 Å². The standard InChI is InChI=1S/C16H19FN2O5S/c1-2-24-14-6-11(16(21)22)13(17)5-12(14)15(20)18-25-19-9-3-4-10(19)8-23-7-9/h5-6,9-10H,2-4,7-8H2,1H3,(H,18,20)(H,21,22). The normalized spacial score (nSPS) is 22.6. The van der Waals surface area contributed by atoms with Crippen molar-refractivity contribution in [3.63, 3.8) is 0 Å². The highest BCUT2D eigenvalue weighted by atomic mass is 32.2. The van der Waals surface area contributed by atoms with Gasteiger partial charge in [-0.15, -0.1) is 0 Å². The summed E-state index contributed by atoms with van der Waals surface area (Å²) in [6.45, 7) is 3.19. The quantitative estimate of drug-likeness (QED) is 0.741. The molecular formula is C16H19FN2O5S. The number of morpholine rings is 1. The minimum Gasteiger partial charge on any atom is -0.493 e. The van der Waals surface area contributed by atoms with Gasteiger partial charge >= 0.3 is 5.97 Å². The fourth-order valence-electron chi connectivity index (χ4n) is 3.06. The van der Waals surface area contributed by atoms with Crippen LogP contribution in [0.3, 0.4) is 0 Å². The van der Waals surface area contributed by atoms with E-state index in [1.807, 2.05) is 0 Å². The number of carbonyl (C=O) groups excluding carboxylic acids is 1. The van der Waals surface area contributed by atoms with Crippen LogP contribution < -0.4 is 9.46 Å². The van der Waals surface area contributed by atoms with Crippen LogP contribution >= 0.6 is 12.1 Å². The van der Waals surface area contributed by atoms with Crippen LogP contribution in [0.25, 0.3) is 0 Å². The Labute approximate surface area is 148 Å². The minimum atomic E-state index is -1.41. The molecule has 1 amide bonds. The number of nitrogens with zero attached hydrogens (tertiary/aromatic N) is 1. The summed E-state index contributed by atoms with van der Waals surface area (Å²) < 4.78 is 29.6. The molecule has 2 unspecified atom stereocenters. The second-order valence-electron chi connectivity index (χ2n) is 5.87. The number of amides is 1. The van der Waals surface area contributed by atoms with E-state index in [-0.39, 0.29) is 30.0 Å². The van der Waals surface area contributed by atoms with Gasteiger partial charge < -0.3 is 14.6 Å². The summed E-state index contributed by atoms with van der Waals surface area (Å²) in [5, 5.41) is 9.01. The number of rotatable bonds is 6. The number of ether oxygens (including phenoxy) is 2. The van der Waals surface area contributed by atoms with E-state index in [4.69, 9.17) is 14.6 Å². The lowest BCUT2D eigenvalue weighted by atomic mass is 10.1. The van der Waals surface area contributed by atoms with E-state index >= 15 is 0 Å². The zero-order valence-corrected chi connectivity index (χ0v) is 14.5. The van der Waals surface area contributed by atoms with Gasteiger partial charge in [0.1, 0.15) is 11.6 Å². The van der Waals surface area contributed by atoms with Crippen molar-refractivity contribution in [3.05, 3.63) is 29.1 Å². The van der Waals surface area contributed by atoms with Crippen molar-refractivity contribution in [1.29, 1.82) is 0 Å². The molecule has 0 saturated carbocycles. The molecule has 2 atom stereocenters. The molecule has 1 aromatic carbocycles. The Hall–Kier alpha value is -1.84. The van der Waals surface area contributed by atoms with Gasteiger partial charge in [0, 0.05) is 24.2 Å². The van der Waals surface area contributed by atoms with Crippen LogP contribution in [0.1, 0.15) is 40.5 Å². The number of carboxylic acid groups (broad SMARTS) is 1. The zero-order valence-electron chi connectivity index (χ0n) is 13.7. The van der Waals surface area contributed by atoms with Crippen LogP contribution in [-0.4, -0.2) is 53.2 Å². The van der Waals surface area contributed by atoms with E-state index in [1.165, 1.54) is 12.1 Å². The average Bonchev–Trinajstić information content (AvgIpc) is 2.80. The zero-order chi connectivity index (χ0) is 18.0. The molecule has 0 radical (unpaired) electrons. The Bertz CT molecular complexity index is 671.